The second-order valence-electron chi connectivity index (χ2n) is 4.97. The van der Waals surface area contributed by atoms with Crippen LogP contribution >= 0.6 is 11.3 Å². The van der Waals surface area contributed by atoms with E-state index < -0.39 is 5.97 Å². The minimum absolute atomic E-state index is 0.215. The highest BCUT2D eigenvalue weighted by molar-refractivity contribution is 7.12. The van der Waals surface area contributed by atoms with Gasteiger partial charge in [-0.25, -0.2) is 4.79 Å². The van der Waals surface area contributed by atoms with E-state index in [0.29, 0.717) is 28.5 Å². The summed E-state index contributed by atoms with van der Waals surface area (Å²) in [6, 6.07) is 7.10. The van der Waals surface area contributed by atoms with Crippen molar-refractivity contribution in [3.8, 4) is 11.5 Å². The lowest BCUT2D eigenvalue weighted by Crippen LogP contribution is -2.21. The Kier molecular flexibility index (Phi) is 6.59. The molecule has 0 saturated heterocycles. The highest BCUT2D eigenvalue weighted by atomic mass is 32.1. The summed E-state index contributed by atoms with van der Waals surface area (Å²) in [5.41, 5.74) is 1.43. The van der Waals surface area contributed by atoms with Gasteiger partial charge >= 0.3 is 5.97 Å². The molecule has 1 N–H and O–H groups in total. The summed E-state index contributed by atoms with van der Waals surface area (Å²) < 4.78 is 15.5. The number of esters is 1. The fourth-order valence-electron chi connectivity index (χ4n) is 2.11. The lowest BCUT2D eigenvalue weighted by Gasteiger charge is -2.12. The lowest BCUT2D eigenvalue weighted by atomic mass is 10.1. The molecule has 0 atom stereocenters. The van der Waals surface area contributed by atoms with Gasteiger partial charge in [0.15, 0.2) is 18.1 Å². The Labute approximate surface area is 150 Å². The number of hydrogen-bond acceptors (Lipinski definition) is 6. The van der Waals surface area contributed by atoms with Crippen LogP contribution in [0.25, 0.3) is 0 Å². The van der Waals surface area contributed by atoms with Crippen LogP contribution in [0.5, 0.6) is 11.5 Å². The molecular formula is C18H19NO5S. The van der Waals surface area contributed by atoms with E-state index in [1.807, 2.05) is 12.1 Å². The van der Waals surface area contributed by atoms with Crippen LogP contribution in [0.2, 0.25) is 0 Å². The van der Waals surface area contributed by atoms with Crippen molar-refractivity contribution < 1.29 is 23.8 Å². The molecule has 1 heterocycles. The normalized spacial score (nSPS) is 10.0. The van der Waals surface area contributed by atoms with Crippen LogP contribution in [0.4, 0.5) is 5.69 Å². The zero-order valence-electron chi connectivity index (χ0n) is 14.0. The standard InChI is InChI=1S/C18H19NO5S/c1-4-5-12-6-7-14(15(10-12)22-2)24-11-16(20)19-13-8-9-25-17(13)18(21)23-3/h4,6-10H,1,5,11H2,2-3H3,(H,19,20). The molecule has 0 saturated carbocycles. The van der Waals surface area contributed by atoms with Crippen molar-refractivity contribution in [1.29, 1.82) is 0 Å². The number of amides is 1. The smallest absolute Gasteiger partial charge is 0.350 e. The fourth-order valence-corrected chi connectivity index (χ4v) is 2.88. The van der Waals surface area contributed by atoms with E-state index in [2.05, 4.69) is 16.6 Å². The number of thiophene rings is 1. The lowest BCUT2D eigenvalue weighted by molar-refractivity contribution is -0.118. The molecule has 0 aliphatic heterocycles. The fraction of sp³-hybridized carbons (Fsp3) is 0.222. The van der Waals surface area contributed by atoms with Gasteiger partial charge in [-0.3, -0.25) is 4.79 Å². The van der Waals surface area contributed by atoms with Gasteiger partial charge in [-0.2, -0.15) is 0 Å². The Morgan fingerprint density at radius 2 is 2.04 bits per heavy atom. The quantitative estimate of drug-likeness (QED) is 0.577. The third-order valence-corrected chi connectivity index (χ3v) is 4.17. The number of carbonyl (C=O) groups excluding carboxylic acids is 2. The van der Waals surface area contributed by atoms with Crippen molar-refractivity contribution in [3.05, 3.63) is 52.7 Å². The van der Waals surface area contributed by atoms with Crippen molar-refractivity contribution in [3.63, 3.8) is 0 Å². The second-order valence-corrected chi connectivity index (χ2v) is 5.89. The maximum absolute atomic E-state index is 12.1. The van der Waals surface area contributed by atoms with Crippen LogP contribution in [0.15, 0.2) is 42.3 Å². The Bertz CT molecular complexity index is 769. The van der Waals surface area contributed by atoms with E-state index in [1.165, 1.54) is 25.6 Å². The molecular weight excluding hydrogens is 342 g/mol. The van der Waals surface area contributed by atoms with Gasteiger partial charge in [0.25, 0.3) is 5.91 Å². The summed E-state index contributed by atoms with van der Waals surface area (Å²) >= 11 is 1.19. The van der Waals surface area contributed by atoms with Crippen molar-refractivity contribution in [2.24, 2.45) is 0 Å². The second kappa shape index (κ2) is 8.89. The van der Waals surface area contributed by atoms with E-state index in [0.717, 1.165) is 5.56 Å². The molecule has 1 aromatic heterocycles. The SMILES string of the molecule is C=CCc1ccc(OCC(=O)Nc2ccsc2C(=O)OC)c(OC)c1. The van der Waals surface area contributed by atoms with Crippen molar-refractivity contribution in [2.75, 3.05) is 26.1 Å². The topological polar surface area (TPSA) is 73.9 Å². The molecule has 0 fully saturated rings. The maximum atomic E-state index is 12.1. The predicted molar refractivity (Wildman–Crippen MR) is 96.7 cm³/mol. The number of anilines is 1. The Morgan fingerprint density at radius 3 is 2.72 bits per heavy atom. The minimum Gasteiger partial charge on any atom is -0.493 e. The van der Waals surface area contributed by atoms with Gasteiger partial charge in [-0.1, -0.05) is 12.1 Å². The monoisotopic (exact) mass is 361 g/mol. The molecule has 0 aliphatic rings. The van der Waals surface area contributed by atoms with E-state index >= 15 is 0 Å². The van der Waals surface area contributed by atoms with Gasteiger partial charge in [0.2, 0.25) is 0 Å². The molecule has 1 amide bonds. The zero-order chi connectivity index (χ0) is 18.2. The number of rotatable bonds is 8. The number of nitrogens with one attached hydrogen (secondary N) is 1. The van der Waals surface area contributed by atoms with E-state index in [1.54, 1.807) is 23.6 Å². The van der Waals surface area contributed by atoms with E-state index in [-0.39, 0.29) is 12.5 Å². The first-order valence-corrected chi connectivity index (χ1v) is 8.33. The summed E-state index contributed by atoms with van der Waals surface area (Å²) in [5, 5.41) is 4.34. The summed E-state index contributed by atoms with van der Waals surface area (Å²) in [6.07, 6.45) is 2.51. The maximum Gasteiger partial charge on any atom is 0.350 e. The summed E-state index contributed by atoms with van der Waals surface area (Å²) in [4.78, 5) is 24.0. The largest absolute Gasteiger partial charge is 0.493 e. The van der Waals surface area contributed by atoms with Crippen molar-refractivity contribution in [2.45, 2.75) is 6.42 Å². The Hall–Kier alpha value is -2.80. The molecule has 132 valence electrons. The minimum atomic E-state index is -0.495. The van der Waals surface area contributed by atoms with E-state index in [9.17, 15) is 9.59 Å². The molecule has 0 radical (unpaired) electrons. The highest BCUT2D eigenvalue weighted by Crippen LogP contribution is 2.28. The molecule has 0 unspecified atom stereocenters. The molecule has 6 nitrogen and oxygen atoms in total. The van der Waals surface area contributed by atoms with Crippen LogP contribution < -0.4 is 14.8 Å². The van der Waals surface area contributed by atoms with Gasteiger partial charge in [0.05, 0.1) is 19.9 Å². The van der Waals surface area contributed by atoms with Gasteiger partial charge in [-0.05, 0) is 35.6 Å². The van der Waals surface area contributed by atoms with Crippen molar-refractivity contribution >= 4 is 28.9 Å². The molecule has 0 bridgehead atoms. The first kappa shape index (κ1) is 18.5. The molecule has 2 aromatic rings. The average molecular weight is 361 g/mol. The first-order chi connectivity index (χ1) is 12.1. The zero-order valence-corrected chi connectivity index (χ0v) is 14.9. The third kappa shape index (κ3) is 4.84. The van der Waals surface area contributed by atoms with Gasteiger partial charge in [-0.15, -0.1) is 17.9 Å². The van der Waals surface area contributed by atoms with Crippen LogP contribution in [0, 0.1) is 0 Å². The predicted octanol–water partition coefficient (Wildman–Crippen LogP) is 3.29. The molecule has 0 aliphatic carbocycles. The molecule has 0 spiro atoms. The third-order valence-electron chi connectivity index (χ3n) is 3.28. The number of allylic oxidation sites excluding steroid dienone is 1. The summed E-state index contributed by atoms with van der Waals surface area (Å²) in [6.45, 7) is 3.48. The van der Waals surface area contributed by atoms with Gasteiger partial charge in [0, 0.05) is 0 Å². The van der Waals surface area contributed by atoms with E-state index in [4.69, 9.17) is 9.47 Å². The number of ether oxygens (including phenoxy) is 3. The molecule has 2 rings (SSSR count). The Morgan fingerprint density at radius 1 is 1.24 bits per heavy atom. The summed E-state index contributed by atoms with van der Waals surface area (Å²) in [7, 11) is 2.83. The average Bonchev–Trinajstić information content (AvgIpc) is 3.08. The van der Waals surface area contributed by atoms with Crippen LogP contribution in [-0.2, 0) is 16.0 Å². The van der Waals surface area contributed by atoms with Gasteiger partial charge in [0.1, 0.15) is 4.88 Å². The van der Waals surface area contributed by atoms with Gasteiger partial charge < -0.3 is 19.5 Å². The Balaban J connectivity index is 1.99. The highest BCUT2D eigenvalue weighted by Gasteiger charge is 2.16. The number of carbonyl (C=O) groups is 2. The molecule has 7 heteroatoms. The summed E-state index contributed by atoms with van der Waals surface area (Å²) in [5.74, 6) is 0.119. The van der Waals surface area contributed by atoms with Crippen molar-refractivity contribution in [1.82, 2.24) is 0 Å². The number of methoxy groups -OCH3 is 2. The number of hydrogen-bond donors (Lipinski definition) is 1. The van der Waals surface area contributed by atoms with Crippen LogP contribution in [0.3, 0.4) is 0 Å². The van der Waals surface area contributed by atoms with Crippen LogP contribution in [-0.4, -0.2) is 32.7 Å². The molecule has 25 heavy (non-hydrogen) atoms. The molecule has 1 aromatic carbocycles. The first-order valence-electron chi connectivity index (χ1n) is 7.45. The number of benzene rings is 1. The van der Waals surface area contributed by atoms with Crippen LogP contribution in [0.1, 0.15) is 15.2 Å².